The summed E-state index contributed by atoms with van der Waals surface area (Å²) in [6.07, 6.45) is 1.34. The average molecular weight is 391 g/mol. The summed E-state index contributed by atoms with van der Waals surface area (Å²) in [4.78, 5) is 4.22. The standard InChI is InChI=1S/C15H25N3O.HI/c1-5-15(19,6-2)10-17-14(16)18-13-8-7-11(3)12(4)9-13;/h7-9,19H,5-6,10H2,1-4H3,(H3,16,17,18);1H. The molecule has 0 fully saturated rings. The fraction of sp³-hybridized carbons (Fsp3) is 0.533. The fourth-order valence-electron chi connectivity index (χ4n) is 1.71. The van der Waals surface area contributed by atoms with E-state index in [1.54, 1.807) is 0 Å². The summed E-state index contributed by atoms with van der Waals surface area (Å²) in [5.74, 6) is 0.337. The lowest BCUT2D eigenvalue weighted by atomic mass is 9.98. The third-order valence-corrected chi connectivity index (χ3v) is 3.64. The van der Waals surface area contributed by atoms with Gasteiger partial charge in [0.2, 0.25) is 0 Å². The molecule has 114 valence electrons. The Morgan fingerprint density at radius 2 is 1.85 bits per heavy atom. The molecule has 20 heavy (non-hydrogen) atoms. The van der Waals surface area contributed by atoms with Crippen LogP contribution < -0.4 is 11.1 Å². The summed E-state index contributed by atoms with van der Waals surface area (Å²) >= 11 is 0. The van der Waals surface area contributed by atoms with Gasteiger partial charge in [0, 0.05) is 5.69 Å². The van der Waals surface area contributed by atoms with Gasteiger partial charge in [0.15, 0.2) is 5.96 Å². The zero-order chi connectivity index (χ0) is 14.5. The Hall–Kier alpha value is -0.820. The second-order valence-corrected chi connectivity index (χ2v) is 5.06. The van der Waals surface area contributed by atoms with Gasteiger partial charge in [0.25, 0.3) is 0 Å². The third kappa shape index (κ3) is 5.66. The highest BCUT2D eigenvalue weighted by Gasteiger charge is 2.21. The smallest absolute Gasteiger partial charge is 0.193 e. The van der Waals surface area contributed by atoms with E-state index in [0.717, 1.165) is 5.69 Å². The molecule has 1 aromatic carbocycles. The van der Waals surface area contributed by atoms with Crippen LogP contribution in [-0.4, -0.2) is 23.2 Å². The Bertz CT molecular complexity index is 456. The largest absolute Gasteiger partial charge is 0.388 e. The van der Waals surface area contributed by atoms with E-state index in [0.29, 0.717) is 25.3 Å². The summed E-state index contributed by atoms with van der Waals surface area (Å²) in [6.45, 7) is 8.35. The predicted octanol–water partition coefficient (Wildman–Crippen LogP) is 3.20. The van der Waals surface area contributed by atoms with Crippen LogP contribution in [0.4, 0.5) is 5.69 Å². The van der Waals surface area contributed by atoms with Gasteiger partial charge >= 0.3 is 0 Å². The van der Waals surface area contributed by atoms with E-state index >= 15 is 0 Å². The second-order valence-electron chi connectivity index (χ2n) is 5.06. The van der Waals surface area contributed by atoms with Crippen LogP contribution in [0.5, 0.6) is 0 Å². The molecule has 0 heterocycles. The molecule has 4 nitrogen and oxygen atoms in total. The number of benzene rings is 1. The quantitative estimate of drug-likeness (QED) is 0.410. The Morgan fingerprint density at radius 1 is 1.25 bits per heavy atom. The SMILES string of the molecule is CCC(O)(CC)CN=C(N)Nc1ccc(C)c(C)c1.I. The van der Waals surface area contributed by atoms with Crippen molar-refractivity contribution in [2.75, 3.05) is 11.9 Å². The number of hydrogen-bond acceptors (Lipinski definition) is 2. The summed E-state index contributed by atoms with van der Waals surface area (Å²) in [7, 11) is 0. The first-order valence-corrected chi connectivity index (χ1v) is 6.77. The molecule has 0 aromatic heterocycles. The van der Waals surface area contributed by atoms with Gasteiger partial charge in [-0.2, -0.15) is 0 Å². The molecule has 0 aliphatic rings. The molecule has 0 aliphatic heterocycles. The molecule has 0 spiro atoms. The number of anilines is 1. The van der Waals surface area contributed by atoms with E-state index in [1.807, 2.05) is 32.0 Å². The van der Waals surface area contributed by atoms with Gasteiger partial charge in [-0.25, -0.2) is 0 Å². The molecule has 1 aromatic rings. The molecule has 1 rings (SSSR count). The number of guanidine groups is 1. The molecule has 0 radical (unpaired) electrons. The Labute approximate surface area is 138 Å². The summed E-state index contributed by atoms with van der Waals surface area (Å²) < 4.78 is 0. The van der Waals surface area contributed by atoms with Crippen molar-refractivity contribution < 1.29 is 5.11 Å². The van der Waals surface area contributed by atoms with E-state index in [1.165, 1.54) is 11.1 Å². The molecule has 0 unspecified atom stereocenters. The first-order valence-electron chi connectivity index (χ1n) is 6.77. The Balaban J connectivity index is 0.00000361. The highest BCUT2D eigenvalue weighted by molar-refractivity contribution is 14.0. The number of nitrogens with zero attached hydrogens (tertiary/aromatic N) is 1. The predicted molar refractivity (Wildman–Crippen MR) is 97.0 cm³/mol. The van der Waals surface area contributed by atoms with E-state index in [9.17, 15) is 5.11 Å². The fourth-order valence-corrected chi connectivity index (χ4v) is 1.71. The number of rotatable bonds is 5. The monoisotopic (exact) mass is 391 g/mol. The van der Waals surface area contributed by atoms with Gasteiger partial charge in [-0.15, -0.1) is 24.0 Å². The van der Waals surface area contributed by atoms with Crippen molar-refractivity contribution in [2.45, 2.75) is 46.1 Å². The van der Waals surface area contributed by atoms with Crippen LogP contribution in [0.1, 0.15) is 37.8 Å². The molecular formula is C15H26IN3O. The first kappa shape index (κ1) is 19.2. The van der Waals surface area contributed by atoms with E-state index in [-0.39, 0.29) is 24.0 Å². The Kier molecular flexibility index (Phi) is 8.12. The van der Waals surface area contributed by atoms with Crippen molar-refractivity contribution in [1.29, 1.82) is 0 Å². The minimum Gasteiger partial charge on any atom is -0.388 e. The van der Waals surface area contributed by atoms with Crippen LogP contribution in [0.2, 0.25) is 0 Å². The number of nitrogens with two attached hydrogens (primary N) is 1. The number of nitrogens with one attached hydrogen (secondary N) is 1. The highest BCUT2D eigenvalue weighted by Crippen LogP contribution is 2.16. The molecule has 0 saturated carbocycles. The molecule has 0 saturated heterocycles. The van der Waals surface area contributed by atoms with Crippen molar-refractivity contribution in [3.8, 4) is 0 Å². The summed E-state index contributed by atoms with van der Waals surface area (Å²) in [5.41, 5.74) is 8.45. The van der Waals surface area contributed by atoms with Crippen LogP contribution in [-0.2, 0) is 0 Å². The lowest BCUT2D eigenvalue weighted by Crippen LogP contribution is -2.33. The molecule has 0 amide bonds. The minimum atomic E-state index is -0.754. The maximum atomic E-state index is 10.1. The van der Waals surface area contributed by atoms with Crippen LogP contribution in [0.15, 0.2) is 23.2 Å². The van der Waals surface area contributed by atoms with Crippen LogP contribution in [0.25, 0.3) is 0 Å². The normalized spacial score (nSPS) is 11.9. The number of aliphatic hydroxyl groups is 1. The van der Waals surface area contributed by atoms with Gasteiger partial charge < -0.3 is 16.2 Å². The number of halogens is 1. The van der Waals surface area contributed by atoms with Gasteiger partial charge in [0.05, 0.1) is 12.1 Å². The van der Waals surface area contributed by atoms with Gasteiger partial charge in [-0.1, -0.05) is 19.9 Å². The van der Waals surface area contributed by atoms with Crippen molar-refractivity contribution >= 4 is 35.6 Å². The van der Waals surface area contributed by atoms with Crippen molar-refractivity contribution in [1.82, 2.24) is 0 Å². The second kappa shape index (κ2) is 8.46. The molecule has 0 bridgehead atoms. The molecule has 5 heteroatoms. The first-order chi connectivity index (χ1) is 8.90. The van der Waals surface area contributed by atoms with E-state index in [2.05, 4.69) is 24.2 Å². The highest BCUT2D eigenvalue weighted by atomic mass is 127. The van der Waals surface area contributed by atoms with E-state index < -0.39 is 5.60 Å². The number of hydrogen-bond donors (Lipinski definition) is 3. The summed E-state index contributed by atoms with van der Waals surface area (Å²) in [6, 6.07) is 6.04. The topological polar surface area (TPSA) is 70.6 Å². The average Bonchev–Trinajstić information content (AvgIpc) is 2.40. The van der Waals surface area contributed by atoms with Crippen molar-refractivity contribution in [3.63, 3.8) is 0 Å². The van der Waals surface area contributed by atoms with Crippen molar-refractivity contribution in [3.05, 3.63) is 29.3 Å². The Morgan fingerprint density at radius 3 is 2.35 bits per heavy atom. The van der Waals surface area contributed by atoms with E-state index in [4.69, 9.17) is 5.73 Å². The lowest BCUT2D eigenvalue weighted by Gasteiger charge is -2.22. The number of aryl methyl sites for hydroxylation is 2. The molecular weight excluding hydrogens is 365 g/mol. The molecule has 0 atom stereocenters. The zero-order valence-electron chi connectivity index (χ0n) is 12.7. The molecule has 4 N–H and O–H groups in total. The lowest BCUT2D eigenvalue weighted by molar-refractivity contribution is 0.0419. The maximum absolute atomic E-state index is 10.1. The van der Waals surface area contributed by atoms with Crippen LogP contribution >= 0.6 is 24.0 Å². The maximum Gasteiger partial charge on any atom is 0.193 e. The van der Waals surface area contributed by atoms with Crippen LogP contribution in [0, 0.1) is 13.8 Å². The van der Waals surface area contributed by atoms with Gasteiger partial charge in [-0.05, 0) is 49.9 Å². The van der Waals surface area contributed by atoms with Crippen molar-refractivity contribution in [2.24, 2.45) is 10.7 Å². The van der Waals surface area contributed by atoms with Gasteiger partial charge in [-0.3, -0.25) is 4.99 Å². The third-order valence-electron chi connectivity index (χ3n) is 3.64. The molecule has 0 aliphatic carbocycles. The summed E-state index contributed by atoms with van der Waals surface area (Å²) in [5, 5.41) is 13.2. The van der Waals surface area contributed by atoms with Crippen LogP contribution in [0.3, 0.4) is 0 Å². The number of aliphatic imine (C=N–C) groups is 1. The van der Waals surface area contributed by atoms with Gasteiger partial charge in [0.1, 0.15) is 0 Å². The minimum absolute atomic E-state index is 0. The zero-order valence-corrected chi connectivity index (χ0v) is 15.1.